The molecular weight excluding hydrogens is 435 g/mol. The highest BCUT2D eigenvalue weighted by atomic mass is 19.1. The van der Waals surface area contributed by atoms with Crippen molar-refractivity contribution in [1.29, 1.82) is 0 Å². The Balaban J connectivity index is 1.42. The molecule has 1 N–H and O–H groups in total. The average molecular weight is 465 g/mol. The zero-order valence-electron chi connectivity index (χ0n) is 19.7. The number of ether oxygens (including phenoxy) is 2. The third kappa shape index (κ3) is 3.37. The van der Waals surface area contributed by atoms with Crippen molar-refractivity contribution < 1.29 is 13.9 Å². The molecule has 0 saturated carbocycles. The lowest BCUT2D eigenvalue weighted by Gasteiger charge is -2.41. The lowest BCUT2D eigenvalue weighted by Crippen LogP contribution is -2.51. The van der Waals surface area contributed by atoms with Crippen LogP contribution in [0.25, 0.3) is 27.8 Å². The summed E-state index contributed by atoms with van der Waals surface area (Å²) in [6.07, 6.45) is 7.02. The Morgan fingerprint density at radius 3 is 2.68 bits per heavy atom. The number of rotatable bonds is 5. The summed E-state index contributed by atoms with van der Waals surface area (Å²) in [5.74, 6) is 0.659. The summed E-state index contributed by atoms with van der Waals surface area (Å²) in [7, 11) is 1.61. The first kappa shape index (κ1) is 21.5. The summed E-state index contributed by atoms with van der Waals surface area (Å²) in [5, 5.41) is 4.92. The van der Waals surface area contributed by atoms with Gasteiger partial charge in [-0.1, -0.05) is 13.8 Å². The maximum atomic E-state index is 16.1. The lowest BCUT2D eigenvalue weighted by molar-refractivity contribution is -0.0714. The van der Waals surface area contributed by atoms with Crippen molar-refractivity contribution in [1.82, 2.24) is 29.5 Å². The molecular formula is C25H29FN6O2. The molecule has 0 bridgehead atoms. The highest BCUT2D eigenvalue weighted by Gasteiger charge is 2.32. The van der Waals surface area contributed by atoms with Crippen molar-refractivity contribution in [2.75, 3.05) is 33.4 Å². The highest BCUT2D eigenvalue weighted by molar-refractivity contribution is 5.92. The second kappa shape index (κ2) is 8.32. The molecule has 8 nitrogen and oxygen atoms in total. The van der Waals surface area contributed by atoms with Gasteiger partial charge in [0.1, 0.15) is 6.33 Å². The number of methoxy groups -OCH3 is 1. The SMILES string of the molecule is COc1cc(-c2[nH]c3cnc(C4CCN(C5COC5)CC4)c(F)c3c2C(C)C)cn2ncnc12. The van der Waals surface area contributed by atoms with E-state index in [-0.39, 0.29) is 17.7 Å². The molecule has 9 heteroatoms. The van der Waals surface area contributed by atoms with Gasteiger partial charge in [0.05, 0.1) is 49.5 Å². The molecule has 0 radical (unpaired) electrons. The first-order valence-corrected chi connectivity index (χ1v) is 11.9. The Morgan fingerprint density at radius 2 is 2.00 bits per heavy atom. The molecule has 0 unspecified atom stereocenters. The van der Waals surface area contributed by atoms with E-state index in [2.05, 4.69) is 38.8 Å². The van der Waals surface area contributed by atoms with Crippen molar-refractivity contribution in [2.24, 2.45) is 0 Å². The van der Waals surface area contributed by atoms with Gasteiger partial charge in [0.2, 0.25) is 0 Å². The number of H-pyrrole nitrogens is 1. The molecule has 2 aliphatic heterocycles. The standard InChI is InChI=1S/C25H29FN6O2/c1-14(2)20-21-18(30-23(20)16-8-19(33-3)25-28-13-29-32(25)10-16)9-27-24(22(21)26)15-4-6-31(7-5-15)17-11-34-12-17/h8-10,13-15,17,30H,4-7,11-12H2,1-3H3. The summed E-state index contributed by atoms with van der Waals surface area (Å²) in [5.41, 5.74) is 4.62. The van der Waals surface area contributed by atoms with Crippen LogP contribution in [0.4, 0.5) is 4.39 Å². The topological polar surface area (TPSA) is 80.6 Å². The van der Waals surface area contributed by atoms with Gasteiger partial charge in [-0.2, -0.15) is 5.10 Å². The van der Waals surface area contributed by atoms with Gasteiger partial charge in [0.15, 0.2) is 17.2 Å². The smallest absolute Gasteiger partial charge is 0.197 e. The molecule has 0 amide bonds. The van der Waals surface area contributed by atoms with E-state index in [0.717, 1.165) is 56.0 Å². The molecule has 2 aliphatic rings. The van der Waals surface area contributed by atoms with Crippen LogP contribution in [0.15, 0.2) is 24.8 Å². The third-order valence-corrected chi connectivity index (χ3v) is 7.33. The molecule has 0 aromatic carbocycles. The van der Waals surface area contributed by atoms with E-state index >= 15 is 4.39 Å². The summed E-state index contributed by atoms with van der Waals surface area (Å²) in [6, 6.07) is 2.45. The van der Waals surface area contributed by atoms with Crippen molar-refractivity contribution in [2.45, 2.75) is 44.6 Å². The van der Waals surface area contributed by atoms with Crippen LogP contribution in [0.1, 0.15) is 49.8 Å². The molecule has 0 spiro atoms. The van der Waals surface area contributed by atoms with Gasteiger partial charge in [-0.3, -0.25) is 9.88 Å². The number of aromatic nitrogens is 5. The maximum Gasteiger partial charge on any atom is 0.197 e. The van der Waals surface area contributed by atoms with E-state index in [4.69, 9.17) is 9.47 Å². The number of aromatic amines is 1. The van der Waals surface area contributed by atoms with Crippen molar-refractivity contribution in [3.05, 3.63) is 41.9 Å². The van der Waals surface area contributed by atoms with Gasteiger partial charge in [-0.15, -0.1) is 0 Å². The quantitative estimate of drug-likeness (QED) is 0.479. The Hall–Kier alpha value is -3.04. The summed E-state index contributed by atoms with van der Waals surface area (Å²) < 4.78 is 28.7. The molecule has 6 heterocycles. The van der Waals surface area contributed by atoms with Crippen LogP contribution in [-0.4, -0.2) is 68.9 Å². The van der Waals surface area contributed by atoms with E-state index in [1.807, 2.05) is 12.3 Å². The third-order valence-electron chi connectivity index (χ3n) is 7.33. The van der Waals surface area contributed by atoms with Crippen LogP contribution in [0, 0.1) is 5.82 Å². The molecule has 2 fully saturated rings. The predicted molar refractivity (Wildman–Crippen MR) is 127 cm³/mol. The van der Waals surface area contributed by atoms with E-state index in [1.165, 1.54) is 6.33 Å². The largest absolute Gasteiger partial charge is 0.493 e. The fraction of sp³-hybridized carbons (Fsp3) is 0.480. The van der Waals surface area contributed by atoms with Crippen molar-refractivity contribution in [3.63, 3.8) is 0 Å². The molecule has 0 atom stereocenters. The molecule has 34 heavy (non-hydrogen) atoms. The fourth-order valence-electron chi connectivity index (χ4n) is 5.43. The molecule has 4 aromatic rings. The van der Waals surface area contributed by atoms with Crippen LogP contribution in [0.3, 0.4) is 0 Å². The Labute approximate surface area is 197 Å². The average Bonchev–Trinajstić information content (AvgIpc) is 3.43. The number of fused-ring (bicyclic) bond motifs is 2. The van der Waals surface area contributed by atoms with E-state index in [9.17, 15) is 0 Å². The Kier molecular flexibility index (Phi) is 5.26. The predicted octanol–water partition coefficient (Wildman–Crippen LogP) is 4.12. The number of nitrogens with one attached hydrogen (secondary N) is 1. The second-order valence-corrected chi connectivity index (χ2v) is 9.64. The van der Waals surface area contributed by atoms with Gasteiger partial charge in [0.25, 0.3) is 0 Å². The second-order valence-electron chi connectivity index (χ2n) is 9.64. The summed E-state index contributed by atoms with van der Waals surface area (Å²) >= 11 is 0. The van der Waals surface area contributed by atoms with E-state index in [1.54, 1.807) is 17.8 Å². The zero-order valence-corrected chi connectivity index (χ0v) is 19.7. The monoisotopic (exact) mass is 464 g/mol. The molecule has 0 aliphatic carbocycles. The highest BCUT2D eigenvalue weighted by Crippen LogP contribution is 2.40. The number of pyridine rings is 2. The summed E-state index contributed by atoms with van der Waals surface area (Å²) in [4.78, 5) is 14.8. The van der Waals surface area contributed by atoms with Gasteiger partial charge < -0.3 is 14.5 Å². The van der Waals surface area contributed by atoms with Crippen molar-refractivity contribution in [3.8, 4) is 17.0 Å². The maximum absolute atomic E-state index is 16.1. The van der Waals surface area contributed by atoms with Gasteiger partial charge in [0, 0.05) is 23.1 Å². The minimum Gasteiger partial charge on any atom is -0.493 e. The first-order valence-electron chi connectivity index (χ1n) is 11.9. The normalized spacial score (nSPS) is 18.3. The molecule has 6 rings (SSSR count). The van der Waals surface area contributed by atoms with Crippen LogP contribution in [0.5, 0.6) is 5.75 Å². The minimum absolute atomic E-state index is 0.103. The zero-order chi connectivity index (χ0) is 23.4. The lowest BCUT2D eigenvalue weighted by atomic mass is 9.89. The molecule has 2 saturated heterocycles. The number of halogens is 1. The fourth-order valence-corrected chi connectivity index (χ4v) is 5.43. The van der Waals surface area contributed by atoms with E-state index in [0.29, 0.717) is 34.0 Å². The van der Waals surface area contributed by atoms with Gasteiger partial charge in [-0.25, -0.2) is 13.9 Å². The van der Waals surface area contributed by atoms with Gasteiger partial charge >= 0.3 is 0 Å². The van der Waals surface area contributed by atoms with E-state index < -0.39 is 0 Å². The molecule has 4 aromatic heterocycles. The minimum atomic E-state index is -0.192. The van der Waals surface area contributed by atoms with Crippen LogP contribution in [0.2, 0.25) is 0 Å². The Bertz CT molecular complexity index is 1350. The summed E-state index contributed by atoms with van der Waals surface area (Å²) in [6.45, 7) is 7.75. The van der Waals surface area contributed by atoms with Gasteiger partial charge in [-0.05, 0) is 43.5 Å². The number of nitrogens with zero attached hydrogens (tertiary/aromatic N) is 5. The van der Waals surface area contributed by atoms with Crippen LogP contribution < -0.4 is 4.74 Å². The number of hydrogen-bond acceptors (Lipinski definition) is 6. The van der Waals surface area contributed by atoms with Crippen LogP contribution in [-0.2, 0) is 4.74 Å². The van der Waals surface area contributed by atoms with Crippen LogP contribution >= 0.6 is 0 Å². The number of likely N-dealkylation sites (tertiary alicyclic amines) is 1. The Morgan fingerprint density at radius 1 is 1.21 bits per heavy atom. The molecule has 178 valence electrons. The number of hydrogen-bond donors (Lipinski definition) is 1. The first-order chi connectivity index (χ1) is 16.5. The number of piperidine rings is 1. The van der Waals surface area contributed by atoms with Crippen molar-refractivity contribution >= 4 is 16.6 Å².